The molecule has 0 heterocycles. The first-order valence-corrected chi connectivity index (χ1v) is 10.0. The van der Waals surface area contributed by atoms with E-state index >= 15 is 0 Å². The minimum Gasteiger partial charge on any atom is -0.377 e. The third-order valence-electron chi connectivity index (χ3n) is 8.03. The summed E-state index contributed by atoms with van der Waals surface area (Å²) in [5.74, 6) is 5.87. The molecule has 2 nitrogen and oxygen atoms in total. The SMILES string of the molecule is CC[C@]12CCC3C4CCC(=O)C=C4CCC3C1CC[C@@]2(O)C#CCl. The van der Waals surface area contributed by atoms with Crippen LogP contribution in [0.3, 0.4) is 0 Å². The van der Waals surface area contributed by atoms with Crippen LogP contribution in [0.2, 0.25) is 0 Å². The molecule has 0 saturated heterocycles. The Kier molecular flexibility index (Phi) is 4.09. The highest BCUT2D eigenvalue weighted by molar-refractivity contribution is 6.30. The Morgan fingerprint density at radius 2 is 2.04 bits per heavy atom. The predicted molar refractivity (Wildman–Crippen MR) is 95.3 cm³/mol. The molecule has 4 aliphatic rings. The van der Waals surface area contributed by atoms with E-state index in [1.807, 2.05) is 6.08 Å². The Morgan fingerprint density at radius 3 is 2.79 bits per heavy atom. The molecule has 0 bridgehead atoms. The van der Waals surface area contributed by atoms with Crippen LogP contribution in [0.4, 0.5) is 0 Å². The number of allylic oxidation sites excluding steroid dienone is 1. The van der Waals surface area contributed by atoms with Gasteiger partial charge in [-0.05, 0) is 92.7 Å². The zero-order valence-electron chi connectivity index (χ0n) is 14.5. The Hall–Kier alpha value is -0.780. The first-order valence-electron chi connectivity index (χ1n) is 9.63. The van der Waals surface area contributed by atoms with Crippen molar-refractivity contribution in [2.45, 2.75) is 70.3 Å². The summed E-state index contributed by atoms with van der Waals surface area (Å²) in [7, 11) is 0. The fraction of sp³-hybridized carbons (Fsp3) is 0.762. The largest absolute Gasteiger partial charge is 0.377 e. The molecule has 3 heteroatoms. The van der Waals surface area contributed by atoms with Crippen molar-refractivity contribution in [3.05, 3.63) is 11.6 Å². The van der Waals surface area contributed by atoms with Crippen LogP contribution >= 0.6 is 11.6 Å². The number of hydrogen-bond donors (Lipinski definition) is 1. The molecule has 1 N–H and O–H groups in total. The molecule has 4 unspecified atom stereocenters. The molecule has 0 aromatic carbocycles. The van der Waals surface area contributed by atoms with Gasteiger partial charge in [0.2, 0.25) is 0 Å². The number of halogens is 1. The van der Waals surface area contributed by atoms with E-state index in [9.17, 15) is 9.90 Å². The molecule has 130 valence electrons. The summed E-state index contributed by atoms with van der Waals surface area (Å²) in [6.45, 7) is 2.22. The first-order chi connectivity index (χ1) is 11.5. The number of hydrogen-bond acceptors (Lipinski definition) is 2. The van der Waals surface area contributed by atoms with Crippen molar-refractivity contribution in [1.29, 1.82) is 0 Å². The fourth-order valence-corrected chi connectivity index (χ4v) is 7.17. The van der Waals surface area contributed by atoms with E-state index in [1.54, 1.807) is 0 Å². The van der Waals surface area contributed by atoms with Gasteiger partial charge >= 0.3 is 0 Å². The maximum atomic E-state index is 11.8. The molecule has 6 atom stereocenters. The van der Waals surface area contributed by atoms with Crippen LogP contribution in [0.15, 0.2) is 11.6 Å². The quantitative estimate of drug-likeness (QED) is 0.712. The predicted octanol–water partition coefficient (Wildman–Crippen LogP) is 4.45. The summed E-state index contributed by atoms with van der Waals surface area (Å²) in [4.78, 5) is 11.8. The molecule has 3 fully saturated rings. The van der Waals surface area contributed by atoms with Crippen molar-refractivity contribution in [2.24, 2.45) is 29.1 Å². The Morgan fingerprint density at radius 1 is 1.21 bits per heavy atom. The summed E-state index contributed by atoms with van der Waals surface area (Å²) in [5.41, 5.74) is 0.435. The lowest BCUT2D eigenvalue weighted by Crippen LogP contribution is -2.53. The molecule has 3 saturated carbocycles. The standard InChI is InChI=1S/C21H27ClO2/c1-2-20-9-7-17-16-6-4-15(23)13-14(16)3-5-18(17)19(20)8-10-21(20,24)11-12-22/h13,16-19,24H,2-10H2,1H3/t16?,17?,18?,19?,20-,21+/m0/s1. The molecule has 24 heavy (non-hydrogen) atoms. The van der Waals surface area contributed by atoms with Crippen LogP contribution in [0, 0.1) is 40.4 Å². The fourth-order valence-electron chi connectivity index (χ4n) is 7.01. The molecule has 4 aliphatic carbocycles. The highest BCUT2D eigenvalue weighted by Crippen LogP contribution is 2.66. The lowest BCUT2D eigenvalue weighted by molar-refractivity contribution is -0.117. The van der Waals surface area contributed by atoms with Gasteiger partial charge in [0.05, 0.1) is 0 Å². The van der Waals surface area contributed by atoms with Gasteiger partial charge in [-0.3, -0.25) is 4.79 Å². The Balaban J connectivity index is 1.67. The molecule has 0 radical (unpaired) electrons. The van der Waals surface area contributed by atoms with Gasteiger partial charge in [0, 0.05) is 17.2 Å². The number of carbonyl (C=O) groups is 1. The number of rotatable bonds is 1. The van der Waals surface area contributed by atoms with E-state index in [1.165, 1.54) is 12.0 Å². The maximum absolute atomic E-state index is 11.8. The van der Waals surface area contributed by atoms with E-state index in [2.05, 4.69) is 18.2 Å². The van der Waals surface area contributed by atoms with Crippen LogP contribution in [0.5, 0.6) is 0 Å². The highest BCUT2D eigenvalue weighted by atomic mass is 35.5. The van der Waals surface area contributed by atoms with Gasteiger partial charge in [-0.25, -0.2) is 0 Å². The van der Waals surface area contributed by atoms with E-state index < -0.39 is 5.60 Å². The van der Waals surface area contributed by atoms with Gasteiger partial charge in [-0.2, -0.15) is 0 Å². The minimum absolute atomic E-state index is 0.0816. The number of carbonyl (C=O) groups excluding carboxylic acids is 1. The van der Waals surface area contributed by atoms with E-state index in [-0.39, 0.29) is 5.41 Å². The van der Waals surface area contributed by atoms with E-state index in [4.69, 9.17) is 11.6 Å². The Bertz CT molecular complexity index is 642. The second-order valence-electron chi connectivity index (χ2n) is 8.47. The summed E-state index contributed by atoms with van der Waals surface area (Å²) < 4.78 is 0. The number of ketones is 1. The van der Waals surface area contributed by atoms with Crippen LogP contribution in [-0.2, 0) is 4.79 Å². The monoisotopic (exact) mass is 346 g/mol. The zero-order chi connectivity index (χ0) is 16.9. The summed E-state index contributed by atoms with van der Waals surface area (Å²) in [6, 6.07) is 0. The summed E-state index contributed by atoms with van der Waals surface area (Å²) in [6.07, 6.45) is 11.0. The van der Waals surface area contributed by atoms with E-state index in [0.717, 1.165) is 51.4 Å². The normalized spacial score (nSPS) is 47.0. The van der Waals surface area contributed by atoms with Crippen LogP contribution in [0.25, 0.3) is 0 Å². The van der Waals surface area contributed by atoms with Crippen molar-refractivity contribution < 1.29 is 9.90 Å². The van der Waals surface area contributed by atoms with Crippen molar-refractivity contribution >= 4 is 17.4 Å². The molecular formula is C21H27ClO2. The summed E-state index contributed by atoms with van der Waals surface area (Å²) in [5, 5.41) is 13.8. The van der Waals surface area contributed by atoms with Crippen molar-refractivity contribution in [3.63, 3.8) is 0 Å². The topological polar surface area (TPSA) is 37.3 Å². The maximum Gasteiger partial charge on any atom is 0.155 e. The highest BCUT2D eigenvalue weighted by Gasteiger charge is 2.63. The van der Waals surface area contributed by atoms with Crippen LogP contribution in [-0.4, -0.2) is 16.5 Å². The third-order valence-corrected chi connectivity index (χ3v) is 8.13. The molecule has 4 rings (SSSR count). The number of fused-ring (bicyclic) bond motifs is 5. The minimum atomic E-state index is -0.905. The van der Waals surface area contributed by atoms with Gasteiger partial charge in [0.15, 0.2) is 5.78 Å². The Labute approximate surface area is 150 Å². The average molecular weight is 347 g/mol. The lowest BCUT2D eigenvalue weighted by atomic mass is 9.49. The molecule has 0 aromatic rings. The van der Waals surface area contributed by atoms with Gasteiger partial charge < -0.3 is 5.11 Å². The van der Waals surface area contributed by atoms with Gasteiger partial charge in [0.1, 0.15) is 5.60 Å². The molecule has 0 aromatic heterocycles. The lowest BCUT2D eigenvalue weighted by Gasteiger charge is -2.55. The van der Waals surface area contributed by atoms with Crippen molar-refractivity contribution in [2.75, 3.05) is 0 Å². The van der Waals surface area contributed by atoms with Gasteiger partial charge in [-0.15, -0.1) is 0 Å². The summed E-state index contributed by atoms with van der Waals surface area (Å²) >= 11 is 5.70. The third kappa shape index (κ3) is 2.17. The van der Waals surface area contributed by atoms with Crippen molar-refractivity contribution in [3.8, 4) is 11.3 Å². The molecule has 0 amide bonds. The van der Waals surface area contributed by atoms with E-state index in [0.29, 0.717) is 29.5 Å². The van der Waals surface area contributed by atoms with Crippen LogP contribution in [0.1, 0.15) is 64.7 Å². The smallest absolute Gasteiger partial charge is 0.155 e. The number of aliphatic hydroxyl groups is 1. The second kappa shape index (κ2) is 5.89. The molecule has 0 aliphatic heterocycles. The van der Waals surface area contributed by atoms with Gasteiger partial charge in [-0.1, -0.05) is 18.4 Å². The average Bonchev–Trinajstić information content (AvgIpc) is 2.88. The second-order valence-corrected chi connectivity index (χ2v) is 8.66. The molecular weight excluding hydrogens is 320 g/mol. The van der Waals surface area contributed by atoms with Crippen molar-refractivity contribution in [1.82, 2.24) is 0 Å². The zero-order valence-corrected chi connectivity index (χ0v) is 15.2. The van der Waals surface area contributed by atoms with Crippen LogP contribution < -0.4 is 0 Å². The van der Waals surface area contributed by atoms with Gasteiger partial charge in [0.25, 0.3) is 0 Å². The molecule has 0 spiro atoms. The first kappa shape index (κ1) is 16.7.